The molecule has 1 amide bonds. The van der Waals surface area contributed by atoms with Gasteiger partial charge < -0.3 is 44.3 Å². The van der Waals surface area contributed by atoms with Crippen LogP contribution in [0.15, 0.2) is 0 Å². The van der Waals surface area contributed by atoms with E-state index in [1.807, 2.05) is 6.92 Å². The van der Waals surface area contributed by atoms with E-state index in [9.17, 15) is 43.7 Å². The fourth-order valence-electron chi connectivity index (χ4n) is 8.49. The number of phosphoric acid groups is 1. The molecule has 1 aliphatic heterocycles. The van der Waals surface area contributed by atoms with Gasteiger partial charge >= 0.3 is 25.7 Å². The van der Waals surface area contributed by atoms with Gasteiger partial charge in [0.1, 0.15) is 30.5 Å². The molecule has 0 spiro atoms. The van der Waals surface area contributed by atoms with Gasteiger partial charge in [0.15, 0.2) is 12.4 Å². The molecule has 0 radical (unpaired) electrons. The predicted molar refractivity (Wildman–Crippen MR) is 256 cm³/mol. The van der Waals surface area contributed by atoms with Crippen molar-refractivity contribution < 1.29 is 67.2 Å². The van der Waals surface area contributed by atoms with Crippen molar-refractivity contribution in [3.05, 3.63) is 0 Å². The molecule has 1 rings (SSSR count). The first-order valence-corrected chi connectivity index (χ1v) is 27.9. The van der Waals surface area contributed by atoms with E-state index in [0.29, 0.717) is 38.5 Å². The number of ether oxygens (including phenoxy) is 4. The zero-order chi connectivity index (χ0) is 48.8. The monoisotopic (exact) mass is 964 g/mol. The standard InChI is InChI=1S/C50H94NO14P/c1-5-9-13-16-19-21-24-26-30-33-40(61-44(54)35-29-12-8-4)37-43(53)51-47-49(48(65-66(58,59)60)42(39-52)63-50(47)57)64-46(56)38-41(34-31-27-25-22-20-17-14-10-6-2)62-45(55)36-32-28-23-18-15-11-7-3/h40-42,47-50,52,57H,5-39H2,1-4H3,(H,51,53)(H2,58,59,60)/t40-,41-,42-,47+,48-,49-,50+/m1/s1. The van der Waals surface area contributed by atoms with Gasteiger partial charge in [0.25, 0.3) is 0 Å². The van der Waals surface area contributed by atoms with Crippen LogP contribution in [0, 0.1) is 0 Å². The van der Waals surface area contributed by atoms with Crippen LogP contribution in [-0.2, 0) is 47.2 Å². The van der Waals surface area contributed by atoms with E-state index >= 15 is 0 Å². The fourth-order valence-corrected chi connectivity index (χ4v) is 9.06. The third-order valence-electron chi connectivity index (χ3n) is 12.3. The van der Waals surface area contributed by atoms with Crippen molar-refractivity contribution in [2.45, 2.75) is 289 Å². The topological polar surface area (TPSA) is 224 Å². The van der Waals surface area contributed by atoms with Crippen LogP contribution in [0.5, 0.6) is 0 Å². The summed E-state index contributed by atoms with van der Waals surface area (Å²) in [6, 6.07) is -1.62. The molecule has 0 aliphatic carbocycles. The highest BCUT2D eigenvalue weighted by atomic mass is 31.2. The van der Waals surface area contributed by atoms with Gasteiger partial charge in [-0.05, 0) is 38.5 Å². The number of unbranched alkanes of at least 4 members (excludes halogenated alkanes) is 24. The summed E-state index contributed by atoms with van der Waals surface area (Å²) in [5.74, 6) is -2.50. The highest BCUT2D eigenvalue weighted by Gasteiger charge is 2.51. The molecule has 0 aromatic carbocycles. The van der Waals surface area contributed by atoms with Gasteiger partial charge in [0, 0.05) is 12.8 Å². The lowest BCUT2D eigenvalue weighted by molar-refractivity contribution is -0.256. The van der Waals surface area contributed by atoms with E-state index in [1.54, 1.807) is 0 Å². The Morgan fingerprint density at radius 3 is 1.35 bits per heavy atom. The Kier molecular flexibility index (Phi) is 37.2. The molecule has 16 heteroatoms. The molecule has 1 heterocycles. The van der Waals surface area contributed by atoms with Crippen molar-refractivity contribution in [3.8, 4) is 0 Å². The van der Waals surface area contributed by atoms with Gasteiger partial charge in [-0.25, -0.2) is 4.57 Å². The summed E-state index contributed by atoms with van der Waals surface area (Å²) in [7, 11) is -5.33. The number of amides is 1. The Bertz CT molecular complexity index is 1300. The first-order valence-electron chi connectivity index (χ1n) is 26.3. The molecule has 1 aliphatic rings. The largest absolute Gasteiger partial charge is 0.470 e. The quantitative estimate of drug-likeness (QED) is 0.0166. The average molecular weight is 964 g/mol. The third kappa shape index (κ3) is 31.8. The minimum Gasteiger partial charge on any atom is -0.462 e. The van der Waals surface area contributed by atoms with E-state index in [1.165, 1.54) is 57.8 Å². The van der Waals surface area contributed by atoms with E-state index in [-0.39, 0.29) is 19.3 Å². The van der Waals surface area contributed by atoms with Crippen molar-refractivity contribution in [1.29, 1.82) is 0 Å². The molecule has 0 unspecified atom stereocenters. The highest BCUT2D eigenvalue weighted by Crippen LogP contribution is 2.42. The van der Waals surface area contributed by atoms with Crippen LogP contribution in [-0.4, -0.2) is 93.3 Å². The summed E-state index contributed by atoms with van der Waals surface area (Å²) in [5, 5.41) is 23.9. The second-order valence-electron chi connectivity index (χ2n) is 18.6. The number of esters is 3. The minimum absolute atomic E-state index is 0.196. The molecular weight excluding hydrogens is 870 g/mol. The summed E-state index contributed by atoms with van der Waals surface area (Å²) in [6.45, 7) is 7.67. The number of phosphoric ester groups is 1. The Morgan fingerprint density at radius 1 is 0.545 bits per heavy atom. The van der Waals surface area contributed by atoms with Crippen molar-refractivity contribution >= 4 is 31.6 Å². The van der Waals surface area contributed by atoms with Crippen LogP contribution in [0.3, 0.4) is 0 Å². The molecule has 0 aromatic rings. The Hall–Kier alpha value is -2.13. The fraction of sp³-hybridized carbons (Fsp3) is 0.920. The SMILES string of the molecule is CCCCCCCCCCC[C@H](CC(=O)N[C@H]1[C@@H](OC(=O)C[C@@H](CCCCCCCCCCC)OC(=O)CCCCCCCCC)[C@H](OP(=O)(O)O)[C@@H](CO)O[C@@H]1O)OC(=O)CCCCC. The summed E-state index contributed by atoms with van der Waals surface area (Å²) in [4.78, 5) is 73.3. The van der Waals surface area contributed by atoms with Crippen molar-refractivity contribution in [2.24, 2.45) is 0 Å². The number of carbonyl (C=O) groups excluding carboxylic acids is 4. The zero-order valence-electron chi connectivity index (χ0n) is 41.6. The van der Waals surface area contributed by atoms with E-state index in [4.69, 9.17) is 23.5 Å². The number of aliphatic hydroxyl groups excluding tert-OH is 2. The highest BCUT2D eigenvalue weighted by molar-refractivity contribution is 7.46. The number of aliphatic hydroxyl groups is 2. The van der Waals surface area contributed by atoms with Crippen LogP contribution in [0.4, 0.5) is 0 Å². The Balaban J connectivity index is 3.20. The molecular formula is C50H94NO14P. The zero-order valence-corrected chi connectivity index (χ0v) is 42.5. The average Bonchev–Trinajstić information content (AvgIpc) is 3.26. The normalized spacial score (nSPS) is 19.5. The smallest absolute Gasteiger partial charge is 0.462 e. The minimum atomic E-state index is -5.33. The maximum atomic E-state index is 13.8. The lowest BCUT2D eigenvalue weighted by Gasteiger charge is -2.43. The molecule has 388 valence electrons. The van der Waals surface area contributed by atoms with Crippen LogP contribution in [0.1, 0.15) is 246 Å². The number of rotatable bonds is 43. The molecule has 0 bridgehead atoms. The van der Waals surface area contributed by atoms with Crippen LogP contribution in [0.25, 0.3) is 0 Å². The van der Waals surface area contributed by atoms with Gasteiger partial charge in [0.2, 0.25) is 5.91 Å². The van der Waals surface area contributed by atoms with E-state index < -0.39 is 87.5 Å². The molecule has 1 fully saturated rings. The summed E-state index contributed by atoms with van der Waals surface area (Å²) in [5.41, 5.74) is 0. The number of hydrogen-bond donors (Lipinski definition) is 5. The maximum Gasteiger partial charge on any atom is 0.470 e. The molecule has 0 aromatic heterocycles. The van der Waals surface area contributed by atoms with Crippen molar-refractivity contribution in [3.63, 3.8) is 0 Å². The molecule has 0 saturated carbocycles. The summed E-state index contributed by atoms with van der Waals surface area (Å²) >= 11 is 0. The van der Waals surface area contributed by atoms with Crippen LogP contribution in [0.2, 0.25) is 0 Å². The predicted octanol–water partition coefficient (Wildman–Crippen LogP) is 10.7. The van der Waals surface area contributed by atoms with Gasteiger partial charge in [-0.2, -0.15) is 0 Å². The summed E-state index contributed by atoms with van der Waals surface area (Å²) in [6.07, 6.45) is 20.7. The number of nitrogens with one attached hydrogen (secondary N) is 1. The third-order valence-corrected chi connectivity index (χ3v) is 12.8. The van der Waals surface area contributed by atoms with Crippen LogP contribution < -0.4 is 5.32 Å². The lowest BCUT2D eigenvalue weighted by atomic mass is 9.96. The number of hydrogen-bond acceptors (Lipinski definition) is 12. The lowest BCUT2D eigenvalue weighted by Crippen LogP contribution is -2.65. The molecule has 15 nitrogen and oxygen atoms in total. The Morgan fingerprint density at radius 2 is 0.924 bits per heavy atom. The molecule has 1 saturated heterocycles. The van der Waals surface area contributed by atoms with Crippen LogP contribution >= 0.6 is 7.82 Å². The van der Waals surface area contributed by atoms with Gasteiger partial charge in [-0.1, -0.05) is 182 Å². The Labute approximate surface area is 398 Å². The van der Waals surface area contributed by atoms with Gasteiger partial charge in [0.05, 0.1) is 19.4 Å². The number of carbonyl (C=O) groups is 4. The maximum absolute atomic E-state index is 13.8. The molecule has 5 N–H and O–H groups in total. The summed E-state index contributed by atoms with van der Waals surface area (Å²) < 4.78 is 40.2. The second-order valence-corrected chi connectivity index (χ2v) is 19.7. The first-order chi connectivity index (χ1) is 31.8. The first kappa shape index (κ1) is 61.9. The van der Waals surface area contributed by atoms with Crippen molar-refractivity contribution in [1.82, 2.24) is 5.32 Å². The van der Waals surface area contributed by atoms with Gasteiger partial charge in [-0.3, -0.25) is 23.7 Å². The second kappa shape index (κ2) is 39.7. The molecule has 7 atom stereocenters. The van der Waals surface area contributed by atoms with Gasteiger partial charge in [-0.15, -0.1) is 0 Å². The van der Waals surface area contributed by atoms with E-state index in [2.05, 4.69) is 26.1 Å². The van der Waals surface area contributed by atoms with E-state index in [0.717, 1.165) is 96.3 Å². The molecule has 66 heavy (non-hydrogen) atoms. The van der Waals surface area contributed by atoms with Crippen molar-refractivity contribution in [2.75, 3.05) is 6.61 Å².